The summed E-state index contributed by atoms with van der Waals surface area (Å²) in [5.41, 5.74) is 1.54. The third-order valence-corrected chi connectivity index (χ3v) is 6.21. The minimum atomic E-state index is -3.23. The van der Waals surface area contributed by atoms with E-state index in [-0.39, 0.29) is 12.5 Å². The summed E-state index contributed by atoms with van der Waals surface area (Å²) < 4.78 is 27.3. The molecule has 2 aromatic heterocycles. The molecule has 0 saturated carbocycles. The molecule has 7 nitrogen and oxygen atoms in total. The van der Waals surface area contributed by atoms with Crippen molar-refractivity contribution in [3.05, 3.63) is 38.8 Å². The van der Waals surface area contributed by atoms with Gasteiger partial charge < -0.3 is 5.32 Å². The van der Waals surface area contributed by atoms with Crippen molar-refractivity contribution in [3.8, 4) is 0 Å². The number of nitrogens with zero attached hydrogens (tertiary/aromatic N) is 3. The van der Waals surface area contributed by atoms with E-state index >= 15 is 0 Å². The minimum absolute atomic E-state index is 0.201. The first-order valence-electron chi connectivity index (χ1n) is 7.37. The molecular weight excluding hydrogens is 372 g/mol. The molecule has 3 heterocycles. The van der Waals surface area contributed by atoms with Crippen LogP contribution in [0, 0.1) is 0 Å². The molecule has 130 valence electrons. The second-order valence-electron chi connectivity index (χ2n) is 5.59. The van der Waals surface area contributed by atoms with Crippen LogP contribution in [0.2, 0.25) is 4.34 Å². The first kappa shape index (κ1) is 17.4. The van der Waals surface area contributed by atoms with Gasteiger partial charge in [-0.2, -0.15) is 9.40 Å². The van der Waals surface area contributed by atoms with Gasteiger partial charge in [0.2, 0.25) is 10.0 Å². The van der Waals surface area contributed by atoms with Gasteiger partial charge in [0.15, 0.2) is 0 Å². The molecule has 0 aromatic carbocycles. The van der Waals surface area contributed by atoms with Crippen molar-refractivity contribution in [2.75, 3.05) is 12.8 Å². The van der Waals surface area contributed by atoms with E-state index in [1.807, 2.05) is 10.7 Å². The molecular formula is C14H17ClN4O3S2. The lowest BCUT2D eigenvalue weighted by atomic mass is 10.3. The lowest BCUT2D eigenvalue weighted by molar-refractivity contribution is 0.0954. The van der Waals surface area contributed by atoms with E-state index in [9.17, 15) is 13.2 Å². The molecule has 0 radical (unpaired) electrons. The van der Waals surface area contributed by atoms with Crippen molar-refractivity contribution < 1.29 is 13.2 Å². The fourth-order valence-corrected chi connectivity index (χ4v) is 4.34. The summed E-state index contributed by atoms with van der Waals surface area (Å²) >= 11 is 7.04. The van der Waals surface area contributed by atoms with E-state index in [1.54, 1.807) is 12.1 Å². The normalized spacial score (nSPS) is 15.8. The highest BCUT2D eigenvalue weighted by molar-refractivity contribution is 7.88. The Bertz CT molecular complexity index is 859. The number of carbonyl (C=O) groups excluding carboxylic acids is 1. The minimum Gasteiger partial charge on any atom is -0.346 e. The predicted octanol–water partition coefficient (Wildman–Crippen LogP) is 1.69. The first-order chi connectivity index (χ1) is 11.3. The summed E-state index contributed by atoms with van der Waals surface area (Å²) in [5, 5.41) is 7.26. The number of sulfonamides is 1. The Morgan fingerprint density at radius 1 is 1.42 bits per heavy atom. The van der Waals surface area contributed by atoms with Gasteiger partial charge in [0.1, 0.15) is 0 Å². The van der Waals surface area contributed by atoms with Crippen LogP contribution in [0.3, 0.4) is 0 Å². The van der Waals surface area contributed by atoms with Crippen molar-refractivity contribution >= 4 is 38.9 Å². The maximum atomic E-state index is 12.0. The molecule has 3 rings (SSSR count). The Labute approximate surface area is 149 Å². The molecule has 0 unspecified atom stereocenters. The smallest absolute Gasteiger partial charge is 0.261 e. The zero-order valence-corrected chi connectivity index (χ0v) is 15.4. The zero-order chi connectivity index (χ0) is 17.3. The van der Waals surface area contributed by atoms with E-state index in [1.165, 1.54) is 21.9 Å². The van der Waals surface area contributed by atoms with Gasteiger partial charge >= 0.3 is 0 Å². The number of aromatic nitrogens is 2. The van der Waals surface area contributed by atoms with Crippen LogP contribution in [0.1, 0.15) is 27.5 Å². The largest absolute Gasteiger partial charge is 0.346 e. The van der Waals surface area contributed by atoms with Crippen molar-refractivity contribution in [1.82, 2.24) is 19.4 Å². The number of nitrogens with one attached hydrogen (secondary N) is 1. The summed E-state index contributed by atoms with van der Waals surface area (Å²) in [6.07, 6.45) is 1.92. The summed E-state index contributed by atoms with van der Waals surface area (Å²) in [7, 11) is -3.23. The Morgan fingerprint density at radius 2 is 2.21 bits per heavy atom. The molecule has 1 aliphatic rings. The number of amides is 1. The van der Waals surface area contributed by atoms with Crippen molar-refractivity contribution in [3.63, 3.8) is 0 Å². The molecule has 24 heavy (non-hydrogen) atoms. The number of rotatable bonds is 4. The highest BCUT2D eigenvalue weighted by atomic mass is 35.5. The van der Waals surface area contributed by atoms with Gasteiger partial charge in [-0.05, 0) is 24.6 Å². The average Bonchev–Trinajstić information content (AvgIpc) is 3.04. The highest BCUT2D eigenvalue weighted by Gasteiger charge is 2.22. The second kappa shape index (κ2) is 6.83. The lowest BCUT2D eigenvalue weighted by Crippen LogP contribution is -2.29. The molecule has 1 aliphatic heterocycles. The Balaban J connectivity index is 1.68. The maximum Gasteiger partial charge on any atom is 0.261 e. The molecule has 1 N–H and O–H groups in total. The predicted molar refractivity (Wildman–Crippen MR) is 92.6 cm³/mol. The quantitative estimate of drug-likeness (QED) is 0.863. The Hall–Kier alpha value is -1.42. The van der Waals surface area contributed by atoms with Crippen molar-refractivity contribution in [2.24, 2.45) is 0 Å². The Kier molecular flexibility index (Phi) is 4.95. The number of fused-ring (bicyclic) bond motifs is 1. The van der Waals surface area contributed by atoms with E-state index in [0.717, 1.165) is 5.69 Å². The van der Waals surface area contributed by atoms with E-state index < -0.39 is 10.0 Å². The van der Waals surface area contributed by atoms with Gasteiger partial charge in [-0.25, -0.2) is 8.42 Å². The van der Waals surface area contributed by atoms with Crippen molar-refractivity contribution in [2.45, 2.75) is 26.1 Å². The van der Waals surface area contributed by atoms with Crippen LogP contribution in [-0.2, 0) is 29.7 Å². The number of carbonyl (C=O) groups is 1. The van der Waals surface area contributed by atoms with Crippen LogP contribution < -0.4 is 5.32 Å². The lowest BCUT2D eigenvalue weighted by Gasteiger charge is -2.16. The topological polar surface area (TPSA) is 84.3 Å². The van der Waals surface area contributed by atoms with Gasteiger partial charge in [0.05, 0.1) is 39.9 Å². The van der Waals surface area contributed by atoms with Crippen LogP contribution >= 0.6 is 22.9 Å². The van der Waals surface area contributed by atoms with Gasteiger partial charge in [0, 0.05) is 13.1 Å². The molecule has 2 aromatic rings. The number of thiophene rings is 1. The third-order valence-electron chi connectivity index (χ3n) is 3.73. The summed E-state index contributed by atoms with van der Waals surface area (Å²) in [4.78, 5) is 12.6. The third kappa shape index (κ3) is 3.97. The summed E-state index contributed by atoms with van der Waals surface area (Å²) in [6, 6.07) is 5.19. The second-order valence-corrected chi connectivity index (χ2v) is 9.28. The summed E-state index contributed by atoms with van der Waals surface area (Å²) in [6.45, 7) is 1.75. The Morgan fingerprint density at radius 3 is 2.88 bits per heavy atom. The zero-order valence-electron chi connectivity index (χ0n) is 13.0. The highest BCUT2D eigenvalue weighted by Crippen LogP contribution is 2.21. The molecule has 1 amide bonds. The number of halogens is 1. The first-order valence-corrected chi connectivity index (χ1v) is 10.4. The van der Waals surface area contributed by atoms with Crippen molar-refractivity contribution in [1.29, 1.82) is 0 Å². The molecule has 0 spiro atoms. The fraction of sp³-hybridized carbons (Fsp3) is 0.429. The monoisotopic (exact) mass is 388 g/mol. The van der Waals surface area contributed by atoms with Gasteiger partial charge in [-0.15, -0.1) is 11.3 Å². The van der Waals surface area contributed by atoms with E-state index in [2.05, 4.69) is 10.4 Å². The number of hydrogen-bond donors (Lipinski definition) is 1. The molecule has 0 fully saturated rings. The SMILES string of the molecule is CS(=O)(=O)N1CCCn2nc(CNC(=O)c3ccc(Cl)s3)cc2C1. The van der Waals surface area contributed by atoms with Gasteiger partial charge in [-0.3, -0.25) is 9.48 Å². The van der Waals surface area contributed by atoms with Crippen LogP contribution in [0.15, 0.2) is 18.2 Å². The molecule has 0 saturated heterocycles. The van der Waals surface area contributed by atoms with Crippen LogP contribution in [0.5, 0.6) is 0 Å². The molecule has 0 atom stereocenters. The molecule has 0 bridgehead atoms. The number of hydrogen-bond acceptors (Lipinski definition) is 5. The van der Waals surface area contributed by atoms with Crippen LogP contribution in [0.4, 0.5) is 0 Å². The average molecular weight is 389 g/mol. The van der Waals surface area contributed by atoms with Gasteiger partial charge in [-0.1, -0.05) is 11.6 Å². The maximum absolute atomic E-state index is 12.0. The molecule has 0 aliphatic carbocycles. The fourth-order valence-electron chi connectivity index (χ4n) is 2.56. The number of aryl methyl sites for hydroxylation is 1. The van der Waals surface area contributed by atoms with E-state index in [0.29, 0.717) is 41.0 Å². The van der Waals surface area contributed by atoms with Crippen LogP contribution in [0.25, 0.3) is 0 Å². The summed E-state index contributed by atoms with van der Waals surface area (Å²) in [5.74, 6) is -0.201. The standard InChI is InChI=1S/C14H17ClN4O3S2/c1-24(21,22)18-5-2-6-19-11(9-18)7-10(17-19)8-16-14(20)12-3-4-13(15)23-12/h3-4,7H,2,5-6,8-9H2,1H3,(H,16,20). The van der Waals surface area contributed by atoms with Crippen LogP contribution in [-0.4, -0.2) is 41.2 Å². The molecule has 10 heteroatoms. The van der Waals surface area contributed by atoms with E-state index in [4.69, 9.17) is 11.6 Å². The van der Waals surface area contributed by atoms with Gasteiger partial charge in [0.25, 0.3) is 5.91 Å².